The molecule has 0 amide bonds. The molecule has 0 heterocycles. The van der Waals surface area contributed by atoms with Gasteiger partial charge in [-0.15, -0.1) is 0 Å². The summed E-state index contributed by atoms with van der Waals surface area (Å²) in [6, 6.07) is 0. The third kappa shape index (κ3) is 24.8. The summed E-state index contributed by atoms with van der Waals surface area (Å²) >= 11 is 0. The highest BCUT2D eigenvalue weighted by Gasteiger charge is 2.03. The van der Waals surface area contributed by atoms with E-state index in [0.717, 1.165) is 0 Å². The van der Waals surface area contributed by atoms with E-state index in [-0.39, 0.29) is 11.9 Å². The molecule has 0 unspecified atom stereocenters. The summed E-state index contributed by atoms with van der Waals surface area (Å²) in [5.74, 6) is -0.483. The highest BCUT2D eigenvalue weighted by molar-refractivity contribution is 7.61. The van der Waals surface area contributed by atoms with Crippen LogP contribution in [0.3, 0.4) is 0 Å². The average Bonchev–Trinajstić information content (AvgIpc) is 1.83. The lowest BCUT2D eigenvalue weighted by Crippen LogP contribution is -2.26. The molecule has 0 aliphatic rings. The minimum Gasteiger partial charge on any atom is -0.469 e. The van der Waals surface area contributed by atoms with Crippen molar-refractivity contribution in [1.82, 2.24) is 5.09 Å². The fourth-order valence-electron chi connectivity index (χ4n) is 0.290. The van der Waals surface area contributed by atoms with Crippen LogP contribution in [0.15, 0.2) is 0 Å². The zero-order valence-corrected chi connectivity index (χ0v) is 9.14. The van der Waals surface area contributed by atoms with Crippen molar-refractivity contribution in [3.8, 4) is 0 Å². The molecule has 0 aromatic rings. The molecule has 0 saturated carbocycles. The van der Waals surface area contributed by atoms with Gasteiger partial charge in [0.25, 0.3) is 0 Å². The van der Waals surface area contributed by atoms with E-state index in [1.165, 1.54) is 27.4 Å². The van der Waals surface area contributed by atoms with Gasteiger partial charge in [0.1, 0.15) is 0 Å². The normalized spacial score (nSPS) is 9.23. The molecule has 0 spiro atoms. The Morgan fingerprint density at radius 3 is 1.85 bits per heavy atom. The van der Waals surface area contributed by atoms with E-state index in [9.17, 15) is 9.36 Å². The second-order valence-corrected chi connectivity index (χ2v) is 5.50. The number of methoxy groups -OCH3 is 1. The summed E-state index contributed by atoms with van der Waals surface area (Å²) < 4.78 is 14.8. The Hall–Kier alpha value is -1.03. The lowest BCUT2D eigenvalue weighted by Gasteiger charge is -2.06. The van der Waals surface area contributed by atoms with Crippen molar-refractivity contribution < 1.29 is 14.1 Å². The number of carbonyl (C=O) groups is 1. The summed E-state index contributed by atoms with van der Waals surface area (Å²) in [7, 11) is -0.972. The van der Waals surface area contributed by atoms with Gasteiger partial charge in [-0.05, 0) is 0 Å². The quantitative estimate of drug-likeness (QED) is 0.247. The molecule has 0 aromatic carbocycles. The fourth-order valence-corrected chi connectivity index (χ4v) is 0.870. The van der Waals surface area contributed by atoms with Crippen LogP contribution in [0.2, 0.25) is 0 Å². The van der Waals surface area contributed by atoms with Crippen molar-refractivity contribution in [2.24, 2.45) is 5.73 Å². The summed E-state index contributed by atoms with van der Waals surface area (Å²) in [5, 5.41) is 8.94. The lowest BCUT2D eigenvalue weighted by atomic mass is 10.8. The van der Waals surface area contributed by atoms with Crippen LogP contribution in [0.25, 0.3) is 0 Å². The first-order chi connectivity index (χ1) is 5.69. The smallest absolute Gasteiger partial charge is 0.302 e. The van der Waals surface area contributed by atoms with Crippen LogP contribution in [-0.4, -0.2) is 32.4 Å². The van der Waals surface area contributed by atoms with Crippen molar-refractivity contribution in [3.05, 3.63) is 0 Å². The van der Waals surface area contributed by atoms with E-state index in [1.807, 2.05) is 0 Å². The van der Waals surface area contributed by atoms with Crippen LogP contribution in [0.1, 0.15) is 6.92 Å². The van der Waals surface area contributed by atoms with Gasteiger partial charge in [-0.3, -0.25) is 10.2 Å². The molecule has 0 fully saturated rings. The maximum atomic E-state index is 10.7. The first-order valence-electron chi connectivity index (χ1n) is 3.41. The van der Waals surface area contributed by atoms with Gasteiger partial charge in [0.05, 0.1) is 7.11 Å². The van der Waals surface area contributed by atoms with Crippen LogP contribution < -0.4 is 10.8 Å². The van der Waals surface area contributed by atoms with E-state index in [2.05, 4.69) is 9.82 Å². The van der Waals surface area contributed by atoms with Crippen molar-refractivity contribution >= 4 is 19.2 Å². The van der Waals surface area contributed by atoms with E-state index >= 15 is 0 Å². The zero-order valence-electron chi connectivity index (χ0n) is 8.25. The summed E-state index contributed by atoms with van der Waals surface area (Å²) in [6.45, 7) is 4.38. The predicted molar refractivity (Wildman–Crippen MR) is 52.2 cm³/mol. The molecular formula is C6H16N3O3P. The second-order valence-electron chi connectivity index (χ2n) is 2.57. The molecule has 6 nitrogen and oxygen atoms in total. The Morgan fingerprint density at radius 2 is 1.85 bits per heavy atom. The van der Waals surface area contributed by atoms with Crippen LogP contribution >= 0.6 is 7.29 Å². The van der Waals surface area contributed by atoms with Gasteiger partial charge in [-0.2, -0.15) is 0 Å². The minimum absolute atomic E-state index is 0.238. The van der Waals surface area contributed by atoms with Crippen molar-refractivity contribution in [2.75, 3.05) is 20.4 Å². The molecule has 0 atom stereocenters. The van der Waals surface area contributed by atoms with Crippen molar-refractivity contribution in [2.45, 2.75) is 6.92 Å². The molecule has 0 aliphatic heterocycles. The maximum Gasteiger partial charge on any atom is 0.302 e. The number of ether oxygens (including phenoxy) is 1. The summed E-state index contributed by atoms with van der Waals surface area (Å²) in [4.78, 5) is 9.59. The number of carbonyl (C=O) groups excluding carboxylic acids is 1. The van der Waals surface area contributed by atoms with Crippen molar-refractivity contribution in [1.29, 1.82) is 5.41 Å². The van der Waals surface area contributed by atoms with Gasteiger partial charge in [-0.1, -0.05) is 0 Å². The third-order valence-electron chi connectivity index (χ3n) is 0.677. The largest absolute Gasteiger partial charge is 0.469 e. The minimum atomic E-state index is -2.32. The van der Waals surface area contributed by atoms with E-state index < -0.39 is 7.29 Å². The molecule has 0 saturated heterocycles. The molecule has 0 aliphatic carbocycles. The second kappa shape index (κ2) is 6.48. The van der Waals surface area contributed by atoms with Crippen LogP contribution in [0.4, 0.5) is 0 Å². The monoisotopic (exact) mass is 209 g/mol. The Morgan fingerprint density at radius 1 is 1.54 bits per heavy atom. The Kier molecular flexibility index (Phi) is 7.23. The lowest BCUT2D eigenvalue weighted by molar-refractivity contribution is -0.137. The van der Waals surface area contributed by atoms with Gasteiger partial charge >= 0.3 is 5.97 Å². The number of hydrogen-bond donors (Lipinski definition) is 3. The molecule has 0 aromatic heterocycles. The van der Waals surface area contributed by atoms with Gasteiger partial charge in [0.15, 0.2) is 13.3 Å². The molecule has 13 heavy (non-hydrogen) atoms. The third-order valence-corrected chi connectivity index (χ3v) is 1.46. The Balaban J connectivity index is 0. The number of nitrogens with two attached hydrogens (primary N) is 1. The zero-order chi connectivity index (χ0) is 11.1. The SMILES string of the molecule is COC(C)=O.CP(C)(=O)NC(=N)N. The Bertz CT molecular complexity index is 223. The van der Waals surface area contributed by atoms with Gasteiger partial charge in [-0.25, -0.2) is 0 Å². The van der Waals surface area contributed by atoms with Gasteiger partial charge in [0.2, 0.25) is 0 Å². The molecule has 78 valence electrons. The Labute approximate surface area is 77.8 Å². The van der Waals surface area contributed by atoms with Crippen LogP contribution in [-0.2, 0) is 14.1 Å². The highest BCUT2D eigenvalue weighted by Crippen LogP contribution is 2.28. The number of rotatable bonds is 1. The van der Waals surface area contributed by atoms with Gasteiger partial charge < -0.3 is 20.1 Å². The molecule has 7 heteroatoms. The fraction of sp³-hybridized carbons (Fsp3) is 0.667. The molecule has 0 radical (unpaired) electrons. The van der Waals surface area contributed by atoms with Crippen molar-refractivity contribution in [3.63, 3.8) is 0 Å². The summed E-state index contributed by atoms with van der Waals surface area (Å²) in [5.41, 5.74) is 4.88. The predicted octanol–water partition coefficient (Wildman–Crippen LogP) is 0.186. The average molecular weight is 209 g/mol. The molecular weight excluding hydrogens is 193 g/mol. The first kappa shape index (κ1) is 14.5. The van der Waals surface area contributed by atoms with E-state index in [1.54, 1.807) is 0 Å². The van der Waals surface area contributed by atoms with E-state index in [0.29, 0.717) is 0 Å². The van der Waals surface area contributed by atoms with Gasteiger partial charge in [0, 0.05) is 20.3 Å². The van der Waals surface area contributed by atoms with Crippen LogP contribution in [0.5, 0.6) is 0 Å². The molecule has 4 N–H and O–H groups in total. The van der Waals surface area contributed by atoms with Crippen LogP contribution in [0, 0.1) is 5.41 Å². The van der Waals surface area contributed by atoms with E-state index in [4.69, 9.17) is 11.1 Å². The number of guanidine groups is 1. The standard InChI is InChI=1S/C3H10N3OP.C3H6O2/c1-8(2,7)6-3(4)5;1-3(4)5-2/h1-2H3,(H4,4,5,6,7);1-2H3. The molecule has 0 rings (SSSR count). The number of hydrogen-bond acceptors (Lipinski definition) is 4. The number of esters is 1. The molecule has 0 bridgehead atoms. The summed E-state index contributed by atoms with van der Waals surface area (Å²) in [6.07, 6.45) is 0. The maximum absolute atomic E-state index is 10.7. The number of nitrogens with one attached hydrogen (secondary N) is 2. The first-order valence-corrected chi connectivity index (χ1v) is 6.01. The highest BCUT2D eigenvalue weighted by atomic mass is 31.2. The topological polar surface area (TPSA) is 105 Å².